The van der Waals surface area contributed by atoms with Gasteiger partial charge < -0.3 is 14.6 Å². The largest absolute Gasteiger partial charge is 0.508 e. The first-order chi connectivity index (χ1) is 10.7. The molecule has 122 valence electrons. The Hall–Kier alpha value is -2.61. The number of ether oxygens (including phenoxy) is 2. The van der Waals surface area contributed by atoms with E-state index in [4.69, 9.17) is 4.74 Å². The summed E-state index contributed by atoms with van der Waals surface area (Å²) >= 11 is 0. The van der Waals surface area contributed by atoms with Gasteiger partial charge in [-0.15, -0.1) is 0 Å². The van der Waals surface area contributed by atoms with Gasteiger partial charge in [-0.3, -0.25) is 0 Å². The second kappa shape index (κ2) is 6.25. The first-order valence-electron chi connectivity index (χ1n) is 6.30. The lowest BCUT2D eigenvalue weighted by Crippen LogP contribution is -2.01. The fraction of sp³-hybridized carbons (Fsp3) is 0.133. The molecule has 0 heterocycles. The van der Waals surface area contributed by atoms with Crippen LogP contribution in [0, 0.1) is 5.82 Å². The van der Waals surface area contributed by atoms with Gasteiger partial charge in [0.05, 0.1) is 17.6 Å². The minimum Gasteiger partial charge on any atom is -0.508 e. The maximum Gasteiger partial charge on any atom is 0.338 e. The predicted molar refractivity (Wildman–Crippen MR) is 79.0 cm³/mol. The number of esters is 1. The Balaban J connectivity index is 2.36. The van der Waals surface area contributed by atoms with Crippen molar-refractivity contribution in [3.8, 4) is 17.2 Å². The van der Waals surface area contributed by atoms with E-state index in [1.165, 1.54) is 31.4 Å². The third-order valence-electron chi connectivity index (χ3n) is 2.87. The van der Waals surface area contributed by atoms with Gasteiger partial charge in [-0.25, -0.2) is 17.6 Å². The SMILES string of the molecule is COC(=O)c1cc(O)cc(Oc2ccc(S(C)(=O)=O)cc2F)c1. The summed E-state index contributed by atoms with van der Waals surface area (Å²) in [6.07, 6.45) is 0.959. The van der Waals surface area contributed by atoms with Gasteiger partial charge in [-0.05, 0) is 30.3 Å². The molecule has 0 amide bonds. The van der Waals surface area contributed by atoms with E-state index in [0.717, 1.165) is 18.4 Å². The number of methoxy groups -OCH3 is 1. The number of phenolic OH excluding ortho intramolecular Hbond substituents is 1. The van der Waals surface area contributed by atoms with Crippen molar-refractivity contribution in [3.05, 3.63) is 47.8 Å². The first kappa shape index (κ1) is 16.8. The van der Waals surface area contributed by atoms with Crippen LogP contribution in [0.4, 0.5) is 4.39 Å². The maximum atomic E-state index is 13.9. The van der Waals surface area contributed by atoms with Crippen molar-refractivity contribution in [2.45, 2.75) is 4.90 Å². The molecule has 2 aromatic carbocycles. The van der Waals surface area contributed by atoms with Gasteiger partial charge in [0, 0.05) is 12.3 Å². The summed E-state index contributed by atoms with van der Waals surface area (Å²) in [6.45, 7) is 0. The third kappa shape index (κ3) is 3.98. The zero-order chi connectivity index (χ0) is 17.2. The molecule has 6 nitrogen and oxygen atoms in total. The highest BCUT2D eigenvalue weighted by Crippen LogP contribution is 2.30. The summed E-state index contributed by atoms with van der Waals surface area (Å²) in [5, 5.41) is 9.58. The second-order valence-corrected chi connectivity index (χ2v) is 6.69. The molecule has 0 aliphatic carbocycles. The molecule has 1 N–H and O–H groups in total. The normalized spacial score (nSPS) is 11.1. The number of hydrogen-bond donors (Lipinski definition) is 1. The molecule has 0 bridgehead atoms. The standard InChI is InChI=1S/C15H13FO6S/c1-21-15(18)9-5-10(17)7-11(6-9)22-14-4-3-12(8-13(14)16)23(2,19)20/h3-8,17H,1-2H3. The third-order valence-corrected chi connectivity index (χ3v) is 3.98. The fourth-order valence-corrected chi connectivity index (χ4v) is 2.43. The fourth-order valence-electron chi connectivity index (χ4n) is 1.80. The average Bonchev–Trinajstić information content (AvgIpc) is 2.46. The summed E-state index contributed by atoms with van der Waals surface area (Å²) < 4.78 is 46.5. The van der Waals surface area contributed by atoms with Gasteiger partial charge >= 0.3 is 5.97 Å². The molecule has 2 rings (SSSR count). The molecule has 23 heavy (non-hydrogen) atoms. The molecule has 0 spiro atoms. The number of phenols is 1. The Morgan fingerprint density at radius 3 is 2.43 bits per heavy atom. The molecule has 0 aliphatic heterocycles. The van der Waals surface area contributed by atoms with Gasteiger partial charge in [-0.1, -0.05) is 0 Å². The van der Waals surface area contributed by atoms with Crippen LogP contribution >= 0.6 is 0 Å². The van der Waals surface area contributed by atoms with Crippen molar-refractivity contribution in [3.63, 3.8) is 0 Å². The van der Waals surface area contributed by atoms with Crippen LogP contribution in [0.2, 0.25) is 0 Å². The highest BCUT2D eigenvalue weighted by molar-refractivity contribution is 7.90. The quantitative estimate of drug-likeness (QED) is 0.860. The molecule has 0 atom stereocenters. The van der Waals surface area contributed by atoms with Crippen LogP contribution in [0.3, 0.4) is 0 Å². The number of benzene rings is 2. The molecule has 0 saturated carbocycles. The number of carbonyl (C=O) groups is 1. The molecule has 8 heteroatoms. The smallest absolute Gasteiger partial charge is 0.338 e. The number of halogens is 1. The zero-order valence-electron chi connectivity index (χ0n) is 12.2. The van der Waals surface area contributed by atoms with Gasteiger partial charge in [0.15, 0.2) is 21.4 Å². The van der Waals surface area contributed by atoms with Crippen LogP contribution in [0.25, 0.3) is 0 Å². The maximum absolute atomic E-state index is 13.9. The van der Waals surface area contributed by atoms with Crippen molar-refractivity contribution in [1.29, 1.82) is 0 Å². The number of hydrogen-bond acceptors (Lipinski definition) is 6. The van der Waals surface area contributed by atoms with Crippen LogP contribution in [0.15, 0.2) is 41.3 Å². The molecule has 0 unspecified atom stereocenters. The van der Waals surface area contributed by atoms with Gasteiger partial charge in [0.1, 0.15) is 11.5 Å². The van der Waals surface area contributed by atoms with E-state index in [0.29, 0.717) is 0 Å². The molecule has 0 radical (unpaired) electrons. The van der Waals surface area contributed by atoms with Crippen LogP contribution in [0.5, 0.6) is 17.2 Å². The minimum atomic E-state index is -3.54. The van der Waals surface area contributed by atoms with Crippen molar-refractivity contribution < 1.29 is 32.2 Å². The predicted octanol–water partition coefficient (Wildman–Crippen LogP) is 2.51. The molecule has 0 saturated heterocycles. The van der Waals surface area contributed by atoms with E-state index in [9.17, 15) is 22.7 Å². The summed E-state index contributed by atoms with van der Waals surface area (Å²) in [5.74, 6) is -2.11. The van der Waals surface area contributed by atoms with E-state index < -0.39 is 21.6 Å². The Morgan fingerprint density at radius 1 is 1.17 bits per heavy atom. The summed E-state index contributed by atoms with van der Waals surface area (Å²) in [6, 6.07) is 6.77. The zero-order valence-corrected chi connectivity index (χ0v) is 13.1. The Labute approximate surface area is 132 Å². The van der Waals surface area contributed by atoms with Crippen LogP contribution < -0.4 is 4.74 Å². The Bertz CT molecular complexity index is 860. The molecular weight excluding hydrogens is 327 g/mol. The molecule has 0 aromatic heterocycles. The van der Waals surface area contributed by atoms with Gasteiger partial charge in [0.2, 0.25) is 0 Å². The lowest BCUT2D eigenvalue weighted by Gasteiger charge is -2.09. The average molecular weight is 340 g/mol. The summed E-state index contributed by atoms with van der Waals surface area (Å²) in [7, 11) is -2.36. The topological polar surface area (TPSA) is 89.9 Å². The molecular formula is C15H13FO6S. The molecule has 0 aliphatic rings. The van der Waals surface area contributed by atoms with E-state index in [-0.39, 0.29) is 27.7 Å². The minimum absolute atomic E-state index is 0.00333. The van der Waals surface area contributed by atoms with Crippen LogP contribution in [-0.4, -0.2) is 32.9 Å². The van der Waals surface area contributed by atoms with E-state index in [1.54, 1.807) is 0 Å². The summed E-state index contributed by atoms with van der Waals surface area (Å²) in [4.78, 5) is 11.3. The highest BCUT2D eigenvalue weighted by atomic mass is 32.2. The van der Waals surface area contributed by atoms with E-state index in [1.807, 2.05) is 0 Å². The first-order valence-corrected chi connectivity index (χ1v) is 8.19. The van der Waals surface area contributed by atoms with E-state index in [2.05, 4.69) is 4.74 Å². The van der Waals surface area contributed by atoms with Crippen LogP contribution in [-0.2, 0) is 14.6 Å². The lowest BCUT2D eigenvalue weighted by molar-refractivity contribution is 0.0600. The van der Waals surface area contributed by atoms with Crippen molar-refractivity contribution >= 4 is 15.8 Å². The summed E-state index contributed by atoms with van der Waals surface area (Å²) in [5.41, 5.74) is 0.0238. The van der Waals surface area contributed by atoms with Crippen molar-refractivity contribution in [2.24, 2.45) is 0 Å². The highest BCUT2D eigenvalue weighted by Gasteiger charge is 2.14. The van der Waals surface area contributed by atoms with Crippen molar-refractivity contribution in [1.82, 2.24) is 0 Å². The molecule has 0 fully saturated rings. The van der Waals surface area contributed by atoms with Crippen LogP contribution in [0.1, 0.15) is 10.4 Å². The second-order valence-electron chi connectivity index (χ2n) is 4.67. The Kier molecular flexibility index (Phi) is 4.55. The number of carbonyl (C=O) groups excluding carboxylic acids is 1. The van der Waals surface area contributed by atoms with Gasteiger partial charge in [0.25, 0.3) is 0 Å². The monoisotopic (exact) mass is 340 g/mol. The van der Waals surface area contributed by atoms with Crippen molar-refractivity contribution in [2.75, 3.05) is 13.4 Å². The number of aromatic hydroxyl groups is 1. The lowest BCUT2D eigenvalue weighted by atomic mass is 10.2. The Morgan fingerprint density at radius 2 is 1.87 bits per heavy atom. The van der Waals surface area contributed by atoms with Gasteiger partial charge in [-0.2, -0.15) is 0 Å². The molecule has 2 aromatic rings. The van der Waals surface area contributed by atoms with E-state index >= 15 is 0 Å². The number of rotatable bonds is 4. The number of sulfone groups is 1.